The lowest BCUT2D eigenvalue weighted by Gasteiger charge is -2.11. The van der Waals surface area contributed by atoms with Crippen LogP contribution in [0.3, 0.4) is 0 Å². The van der Waals surface area contributed by atoms with E-state index in [2.05, 4.69) is 10.2 Å². The van der Waals surface area contributed by atoms with Gasteiger partial charge in [-0.2, -0.15) is 0 Å². The molecule has 18 heavy (non-hydrogen) atoms. The van der Waals surface area contributed by atoms with Crippen LogP contribution in [0.15, 0.2) is 24.3 Å². The van der Waals surface area contributed by atoms with Crippen molar-refractivity contribution in [3.63, 3.8) is 0 Å². The number of para-hydroxylation sites is 2. The molecular weight excluding hydrogens is 240 g/mol. The van der Waals surface area contributed by atoms with E-state index < -0.39 is 18.6 Å². The third-order valence-corrected chi connectivity index (χ3v) is 1.80. The van der Waals surface area contributed by atoms with Gasteiger partial charge < -0.3 is 15.2 Å². The number of ether oxygens (including phenoxy) is 1. The molecule has 0 saturated carbocycles. The van der Waals surface area contributed by atoms with Crippen LogP contribution in [0.25, 0.3) is 0 Å². The number of rotatable bonds is 6. The molecule has 0 atom stereocenters. The highest BCUT2D eigenvalue weighted by atomic mass is 16.7. The Kier molecular flexibility index (Phi) is 5.46. The summed E-state index contributed by atoms with van der Waals surface area (Å²) in [4.78, 5) is 25.9. The number of hydrogen-bond donors (Lipinski definition) is 3. The van der Waals surface area contributed by atoms with E-state index >= 15 is 0 Å². The molecule has 1 aromatic rings. The average molecular weight is 254 g/mol. The molecule has 1 aromatic carbocycles. The molecule has 1 rings (SSSR count). The van der Waals surface area contributed by atoms with E-state index in [4.69, 9.17) is 9.84 Å². The number of benzene rings is 1. The molecule has 0 bridgehead atoms. The fraction of sp³-hybridized carbons (Fsp3) is 0.273. The van der Waals surface area contributed by atoms with E-state index in [1.54, 1.807) is 24.3 Å². The maximum absolute atomic E-state index is 11.4. The molecular formula is C11H14N2O5. The molecule has 0 saturated heterocycles. The molecule has 0 heterocycles. The minimum atomic E-state index is -1.18. The Bertz CT molecular complexity index is 422. The van der Waals surface area contributed by atoms with Crippen LogP contribution in [0, 0.1) is 0 Å². The van der Waals surface area contributed by atoms with Crippen molar-refractivity contribution in [2.45, 2.75) is 6.92 Å². The fourth-order valence-corrected chi connectivity index (χ4v) is 1.16. The molecule has 0 aromatic heterocycles. The van der Waals surface area contributed by atoms with Crippen LogP contribution in [0.1, 0.15) is 6.92 Å². The van der Waals surface area contributed by atoms with Crippen molar-refractivity contribution in [3.8, 4) is 5.75 Å². The van der Waals surface area contributed by atoms with E-state index in [0.717, 1.165) is 0 Å². The third-order valence-electron chi connectivity index (χ3n) is 1.80. The maximum Gasteiger partial charge on any atom is 0.343 e. The second-order valence-electron chi connectivity index (χ2n) is 3.17. The Balaban J connectivity index is 2.50. The first-order valence-electron chi connectivity index (χ1n) is 5.26. The zero-order chi connectivity index (χ0) is 13.4. The molecule has 0 aliphatic carbocycles. The summed E-state index contributed by atoms with van der Waals surface area (Å²) in [5.74, 6) is -0.654. The monoisotopic (exact) mass is 254 g/mol. The number of carbonyl (C=O) groups excluding carboxylic acids is 1. The van der Waals surface area contributed by atoms with Gasteiger partial charge in [0.15, 0.2) is 6.61 Å². The number of urea groups is 1. The standard InChI is InChI=1S/C11H14N2O5/c1-2-17-9-6-4-3-5-8(9)12-11(16)13-18-7-10(14)15/h3-6H,2,7H2,1H3,(H,14,15)(H2,12,13,16). The molecule has 0 spiro atoms. The van der Waals surface area contributed by atoms with Crippen LogP contribution in [0.4, 0.5) is 10.5 Å². The summed E-state index contributed by atoms with van der Waals surface area (Å²) >= 11 is 0. The summed E-state index contributed by atoms with van der Waals surface area (Å²) in [6.45, 7) is 1.68. The van der Waals surface area contributed by atoms with E-state index in [-0.39, 0.29) is 0 Å². The molecule has 7 nitrogen and oxygen atoms in total. The lowest BCUT2D eigenvalue weighted by atomic mass is 10.3. The van der Waals surface area contributed by atoms with Gasteiger partial charge in [0.1, 0.15) is 5.75 Å². The van der Waals surface area contributed by atoms with E-state index in [1.807, 2.05) is 12.4 Å². The Labute approximate surface area is 104 Å². The van der Waals surface area contributed by atoms with E-state index in [9.17, 15) is 9.59 Å². The Hall–Kier alpha value is -2.28. The van der Waals surface area contributed by atoms with Crippen LogP contribution in [0.5, 0.6) is 5.75 Å². The van der Waals surface area contributed by atoms with Crippen LogP contribution in [-0.2, 0) is 9.63 Å². The first-order chi connectivity index (χ1) is 8.63. The number of carboxylic acids is 1. The van der Waals surface area contributed by atoms with Gasteiger partial charge in [0, 0.05) is 0 Å². The molecule has 0 unspecified atom stereocenters. The summed E-state index contributed by atoms with van der Waals surface area (Å²) in [5.41, 5.74) is 2.41. The zero-order valence-electron chi connectivity index (χ0n) is 9.80. The van der Waals surface area contributed by atoms with Crippen molar-refractivity contribution in [1.29, 1.82) is 0 Å². The van der Waals surface area contributed by atoms with Crippen LogP contribution >= 0.6 is 0 Å². The summed E-state index contributed by atoms with van der Waals surface area (Å²) in [5, 5.41) is 10.8. The van der Waals surface area contributed by atoms with Gasteiger partial charge in [0.2, 0.25) is 0 Å². The van der Waals surface area contributed by atoms with Crippen molar-refractivity contribution >= 4 is 17.7 Å². The predicted molar refractivity (Wildman–Crippen MR) is 63.4 cm³/mol. The summed E-state index contributed by atoms with van der Waals surface area (Å²) < 4.78 is 5.30. The number of carbonyl (C=O) groups is 2. The van der Waals surface area contributed by atoms with Crippen LogP contribution in [0.2, 0.25) is 0 Å². The predicted octanol–water partition coefficient (Wildman–Crippen LogP) is 1.22. The van der Waals surface area contributed by atoms with Gasteiger partial charge in [-0.3, -0.25) is 4.84 Å². The highest BCUT2D eigenvalue weighted by Crippen LogP contribution is 2.23. The molecule has 3 N–H and O–H groups in total. The van der Waals surface area contributed by atoms with Crippen molar-refractivity contribution in [2.24, 2.45) is 0 Å². The first kappa shape index (κ1) is 13.8. The first-order valence-corrected chi connectivity index (χ1v) is 5.26. The summed E-state index contributed by atoms with van der Waals surface area (Å²) in [7, 11) is 0. The molecule has 0 aliphatic heterocycles. The van der Waals surface area contributed by atoms with Crippen molar-refractivity contribution in [1.82, 2.24) is 5.48 Å². The number of hydroxylamine groups is 1. The minimum Gasteiger partial charge on any atom is -0.492 e. The van der Waals surface area contributed by atoms with Gasteiger partial charge in [0.25, 0.3) is 0 Å². The van der Waals surface area contributed by atoms with E-state index in [1.165, 1.54) is 0 Å². The molecule has 98 valence electrons. The van der Waals surface area contributed by atoms with Crippen molar-refractivity contribution in [2.75, 3.05) is 18.5 Å². The number of hydrogen-bond acceptors (Lipinski definition) is 4. The quantitative estimate of drug-likeness (QED) is 0.663. The van der Waals surface area contributed by atoms with Gasteiger partial charge in [0.05, 0.1) is 12.3 Å². The molecule has 7 heteroatoms. The summed E-state index contributed by atoms with van der Waals surface area (Å²) in [6, 6.07) is 6.19. The molecule has 0 aliphatic rings. The lowest BCUT2D eigenvalue weighted by molar-refractivity contribution is -0.143. The van der Waals surface area contributed by atoms with Crippen LogP contribution in [-0.4, -0.2) is 30.3 Å². The largest absolute Gasteiger partial charge is 0.492 e. The maximum atomic E-state index is 11.4. The molecule has 0 fully saturated rings. The molecule has 0 radical (unpaired) electrons. The minimum absolute atomic E-state index is 0.468. The van der Waals surface area contributed by atoms with Crippen LogP contribution < -0.4 is 15.5 Å². The number of nitrogens with one attached hydrogen (secondary N) is 2. The highest BCUT2D eigenvalue weighted by Gasteiger charge is 2.07. The second kappa shape index (κ2) is 7.13. The zero-order valence-corrected chi connectivity index (χ0v) is 9.80. The summed E-state index contributed by atoms with van der Waals surface area (Å²) in [6.07, 6.45) is 0. The number of carboxylic acid groups (broad SMARTS) is 1. The lowest BCUT2D eigenvalue weighted by Crippen LogP contribution is -2.31. The molecule has 2 amide bonds. The van der Waals surface area contributed by atoms with Gasteiger partial charge in [-0.15, -0.1) is 0 Å². The number of anilines is 1. The van der Waals surface area contributed by atoms with Crippen molar-refractivity contribution < 1.29 is 24.3 Å². The van der Waals surface area contributed by atoms with Gasteiger partial charge in [-0.25, -0.2) is 15.1 Å². The van der Waals surface area contributed by atoms with E-state index in [0.29, 0.717) is 18.0 Å². The fourth-order valence-electron chi connectivity index (χ4n) is 1.16. The highest BCUT2D eigenvalue weighted by molar-refractivity contribution is 5.90. The Morgan fingerprint density at radius 1 is 1.33 bits per heavy atom. The number of amides is 2. The van der Waals surface area contributed by atoms with Gasteiger partial charge in [-0.1, -0.05) is 12.1 Å². The number of aliphatic carboxylic acids is 1. The second-order valence-corrected chi connectivity index (χ2v) is 3.17. The van der Waals surface area contributed by atoms with Gasteiger partial charge in [-0.05, 0) is 19.1 Å². The Morgan fingerprint density at radius 3 is 2.72 bits per heavy atom. The third kappa shape index (κ3) is 4.71. The smallest absolute Gasteiger partial charge is 0.343 e. The van der Waals surface area contributed by atoms with Crippen molar-refractivity contribution in [3.05, 3.63) is 24.3 Å². The van der Waals surface area contributed by atoms with Gasteiger partial charge >= 0.3 is 12.0 Å². The topological polar surface area (TPSA) is 96.9 Å². The normalized spacial score (nSPS) is 9.61. The SMILES string of the molecule is CCOc1ccccc1NC(=O)NOCC(=O)O. The average Bonchev–Trinajstić information content (AvgIpc) is 2.31. The Morgan fingerprint density at radius 2 is 2.06 bits per heavy atom.